The van der Waals surface area contributed by atoms with Crippen LogP contribution >= 0.6 is 27.9 Å². The van der Waals surface area contributed by atoms with Crippen molar-refractivity contribution in [1.82, 2.24) is 4.47 Å². The summed E-state index contributed by atoms with van der Waals surface area (Å²) in [5, 5.41) is 0. The van der Waals surface area contributed by atoms with Crippen molar-refractivity contribution in [2.75, 3.05) is 0 Å². The first-order valence-electron chi connectivity index (χ1n) is 6.80. The predicted octanol–water partition coefficient (Wildman–Crippen LogP) is 5.49. The molecule has 0 aliphatic carbocycles. The second-order valence-corrected chi connectivity index (χ2v) is 6.70. The molecule has 1 aliphatic heterocycles. The van der Waals surface area contributed by atoms with E-state index in [0.29, 0.717) is 0 Å². The number of hydrogen-bond acceptors (Lipinski definition) is 3. The lowest BCUT2D eigenvalue weighted by Gasteiger charge is -2.19. The molecule has 0 spiro atoms. The number of allylic oxidation sites excluding steroid dienone is 1. The quantitative estimate of drug-likeness (QED) is 0.668. The first kappa shape index (κ1) is 14.7. The van der Waals surface area contributed by atoms with Crippen molar-refractivity contribution in [3.63, 3.8) is 0 Å². The van der Waals surface area contributed by atoms with Crippen LogP contribution in [0.25, 0.3) is 0 Å². The summed E-state index contributed by atoms with van der Waals surface area (Å²) in [4.78, 5) is 6.01. The Hall–Kier alpha value is -1.23. The van der Waals surface area contributed by atoms with Gasteiger partial charge in [0.1, 0.15) is 6.10 Å². The van der Waals surface area contributed by atoms with Gasteiger partial charge in [-0.15, -0.1) is 0 Å². The molecule has 2 nitrogen and oxygen atoms in total. The van der Waals surface area contributed by atoms with Gasteiger partial charge < -0.3 is 0 Å². The molecule has 0 saturated heterocycles. The van der Waals surface area contributed by atoms with Crippen LogP contribution in [0, 0.1) is 0 Å². The van der Waals surface area contributed by atoms with E-state index in [1.54, 1.807) is 11.9 Å². The predicted molar refractivity (Wildman–Crippen MR) is 91.3 cm³/mol. The van der Waals surface area contributed by atoms with Crippen LogP contribution in [-0.4, -0.2) is 4.47 Å². The largest absolute Gasteiger partial charge is 0.251 e. The summed E-state index contributed by atoms with van der Waals surface area (Å²) in [6.45, 7) is 2.08. The number of halogens is 1. The van der Waals surface area contributed by atoms with Gasteiger partial charge >= 0.3 is 0 Å². The zero-order valence-electron chi connectivity index (χ0n) is 11.7. The maximum atomic E-state index is 6.01. The summed E-state index contributed by atoms with van der Waals surface area (Å²) >= 11 is 5.14. The maximum Gasteiger partial charge on any atom is 0.132 e. The van der Waals surface area contributed by atoms with Crippen molar-refractivity contribution >= 4 is 27.9 Å². The molecular formula is C17H16BrNOS. The lowest BCUT2D eigenvalue weighted by molar-refractivity contribution is -0.0608. The molecule has 1 aliphatic rings. The van der Waals surface area contributed by atoms with Crippen molar-refractivity contribution in [1.29, 1.82) is 0 Å². The van der Waals surface area contributed by atoms with Gasteiger partial charge in [-0.3, -0.25) is 4.84 Å². The van der Waals surface area contributed by atoms with E-state index >= 15 is 0 Å². The van der Waals surface area contributed by atoms with Gasteiger partial charge in [0, 0.05) is 15.9 Å². The Morgan fingerprint density at radius 1 is 1.10 bits per heavy atom. The molecule has 0 amide bonds. The van der Waals surface area contributed by atoms with Crippen molar-refractivity contribution in [3.05, 3.63) is 82.0 Å². The van der Waals surface area contributed by atoms with Gasteiger partial charge in [0.05, 0.1) is 0 Å². The SMILES string of the molecule is CC1=CC(c2ccc(Br)cc2)ON1SCc1ccccc1. The Labute approximate surface area is 138 Å². The van der Waals surface area contributed by atoms with Gasteiger partial charge in [-0.05, 0) is 48.2 Å². The van der Waals surface area contributed by atoms with Gasteiger partial charge in [-0.1, -0.05) is 58.4 Å². The molecule has 4 heteroatoms. The summed E-state index contributed by atoms with van der Waals surface area (Å²) in [5.41, 5.74) is 3.61. The molecule has 0 bridgehead atoms. The summed E-state index contributed by atoms with van der Waals surface area (Å²) in [6.07, 6.45) is 2.16. The molecular weight excluding hydrogens is 346 g/mol. The molecule has 0 aromatic heterocycles. The Bertz CT molecular complexity index is 627. The summed E-state index contributed by atoms with van der Waals surface area (Å²) in [7, 11) is 0. The number of hydroxylamine groups is 1. The average molecular weight is 362 g/mol. The summed E-state index contributed by atoms with van der Waals surface area (Å²) in [6, 6.07) is 18.7. The lowest BCUT2D eigenvalue weighted by Crippen LogP contribution is -2.10. The molecule has 1 unspecified atom stereocenters. The molecule has 0 saturated carbocycles. The van der Waals surface area contributed by atoms with E-state index in [-0.39, 0.29) is 6.10 Å². The standard InChI is InChI=1S/C17H16BrNOS/c1-13-11-17(15-7-9-16(18)10-8-15)20-19(13)21-12-14-5-3-2-4-6-14/h2-11,17H,12H2,1H3. The summed E-state index contributed by atoms with van der Waals surface area (Å²) < 4.78 is 3.00. The minimum Gasteiger partial charge on any atom is -0.251 e. The first-order valence-corrected chi connectivity index (χ1v) is 8.53. The van der Waals surface area contributed by atoms with E-state index in [4.69, 9.17) is 4.84 Å². The van der Waals surface area contributed by atoms with Gasteiger partial charge in [0.2, 0.25) is 0 Å². The highest BCUT2D eigenvalue weighted by atomic mass is 79.9. The fourth-order valence-electron chi connectivity index (χ4n) is 2.15. The molecule has 3 rings (SSSR count). The second-order valence-electron chi connectivity index (χ2n) is 4.90. The van der Waals surface area contributed by atoms with Crippen LogP contribution in [0.5, 0.6) is 0 Å². The smallest absolute Gasteiger partial charge is 0.132 e. The molecule has 0 radical (unpaired) electrons. The third-order valence-corrected chi connectivity index (χ3v) is 4.88. The Kier molecular flexibility index (Phi) is 4.68. The molecule has 0 fully saturated rings. The number of nitrogens with zero attached hydrogens (tertiary/aromatic N) is 1. The van der Waals surface area contributed by atoms with E-state index in [2.05, 4.69) is 65.3 Å². The highest BCUT2D eigenvalue weighted by molar-refractivity contribution is 9.10. The molecule has 2 aromatic carbocycles. The van der Waals surface area contributed by atoms with Gasteiger partial charge in [-0.25, -0.2) is 0 Å². The van der Waals surface area contributed by atoms with E-state index in [1.165, 1.54) is 11.1 Å². The van der Waals surface area contributed by atoms with Crippen LogP contribution in [0.2, 0.25) is 0 Å². The molecule has 2 aromatic rings. The molecule has 108 valence electrons. The van der Waals surface area contributed by atoms with Crippen LogP contribution in [0.4, 0.5) is 0 Å². The molecule has 1 heterocycles. The number of rotatable bonds is 4. The number of benzene rings is 2. The Morgan fingerprint density at radius 3 is 2.52 bits per heavy atom. The minimum atomic E-state index is 0.00127. The van der Waals surface area contributed by atoms with E-state index in [1.807, 2.05) is 22.7 Å². The third-order valence-electron chi connectivity index (χ3n) is 3.28. The fourth-order valence-corrected chi connectivity index (χ4v) is 3.29. The second kappa shape index (κ2) is 6.69. The maximum absolute atomic E-state index is 6.01. The monoisotopic (exact) mass is 361 g/mol. The Balaban J connectivity index is 1.62. The van der Waals surface area contributed by atoms with E-state index in [0.717, 1.165) is 15.9 Å². The molecule has 1 atom stereocenters. The molecule has 21 heavy (non-hydrogen) atoms. The topological polar surface area (TPSA) is 12.5 Å². The van der Waals surface area contributed by atoms with Crippen LogP contribution in [-0.2, 0) is 10.6 Å². The van der Waals surface area contributed by atoms with Crippen LogP contribution in [0.3, 0.4) is 0 Å². The van der Waals surface area contributed by atoms with E-state index < -0.39 is 0 Å². The van der Waals surface area contributed by atoms with Crippen molar-refractivity contribution in [3.8, 4) is 0 Å². The highest BCUT2D eigenvalue weighted by Crippen LogP contribution is 2.36. The highest BCUT2D eigenvalue weighted by Gasteiger charge is 2.23. The molecule has 0 N–H and O–H groups in total. The van der Waals surface area contributed by atoms with Crippen molar-refractivity contribution in [2.45, 2.75) is 18.8 Å². The van der Waals surface area contributed by atoms with Crippen LogP contribution in [0.1, 0.15) is 24.2 Å². The lowest BCUT2D eigenvalue weighted by atomic mass is 10.1. The minimum absolute atomic E-state index is 0.00127. The van der Waals surface area contributed by atoms with E-state index in [9.17, 15) is 0 Å². The Morgan fingerprint density at radius 2 is 1.81 bits per heavy atom. The summed E-state index contributed by atoms with van der Waals surface area (Å²) in [5.74, 6) is 0.902. The third kappa shape index (κ3) is 3.70. The zero-order valence-corrected chi connectivity index (χ0v) is 14.1. The van der Waals surface area contributed by atoms with Gasteiger partial charge in [0.25, 0.3) is 0 Å². The van der Waals surface area contributed by atoms with Crippen molar-refractivity contribution < 1.29 is 4.84 Å². The van der Waals surface area contributed by atoms with Crippen LogP contribution in [0.15, 0.2) is 70.8 Å². The van der Waals surface area contributed by atoms with Crippen molar-refractivity contribution in [2.24, 2.45) is 0 Å². The number of hydrogen-bond donors (Lipinski definition) is 0. The van der Waals surface area contributed by atoms with Gasteiger partial charge in [-0.2, -0.15) is 4.47 Å². The first-order chi connectivity index (χ1) is 10.2. The fraction of sp³-hybridized carbons (Fsp3) is 0.176. The van der Waals surface area contributed by atoms with Gasteiger partial charge in [0.15, 0.2) is 0 Å². The zero-order chi connectivity index (χ0) is 14.7. The van der Waals surface area contributed by atoms with Crippen LogP contribution < -0.4 is 0 Å². The average Bonchev–Trinajstić information content (AvgIpc) is 2.88. The normalized spacial score (nSPS) is 17.9.